The molecular formula is C20H25BrN4O2. The lowest BCUT2D eigenvalue weighted by atomic mass is 10.1. The highest BCUT2D eigenvalue weighted by atomic mass is 79.9. The molecule has 2 aromatic carbocycles. The molecule has 7 heteroatoms. The first-order valence-electron chi connectivity index (χ1n) is 8.65. The first-order valence-corrected chi connectivity index (χ1v) is 9.44. The van der Waals surface area contributed by atoms with Crippen molar-refractivity contribution in [2.24, 2.45) is 4.99 Å². The van der Waals surface area contributed by atoms with Crippen molar-refractivity contribution >= 4 is 27.8 Å². The van der Waals surface area contributed by atoms with Crippen LogP contribution in [0.3, 0.4) is 0 Å². The molecule has 0 aliphatic rings. The number of carbonyl (C=O) groups is 1. The Kier molecular flexibility index (Phi) is 8.13. The van der Waals surface area contributed by atoms with Crippen molar-refractivity contribution in [2.75, 3.05) is 27.7 Å². The number of amides is 1. The summed E-state index contributed by atoms with van der Waals surface area (Å²) in [5, 5.41) is 9.22. The standard InChI is InChI=1S/C20H25BrN4O2/c1-22-19(26)15-6-4-5-14(11-15)9-10-24-20(23-2)25-13-16-12-17(21)7-8-18(16)27-3/h4-8,11-12H,9-10,13H2,1-3H3,(H,22,26)(H2,23,24,25). The smallest absolute Gasteiger partial charge is 0.251 e. The summed E-state index contributed by atoms with van der Waals surface area (Å²) in [6.45, 7) is 1.29. The molecule has 0 aliphatic heterocycles. The molecule has 2 rings (SSSR count). The first-order chi connectivity index (χ1) is 13.1. The largest absolute Gasteiger partial charge is 0.496 e. The Labute approximate surface area is 168 Å². The van der Waals surface area contributed by atoms with E-state index in [1.807, 2.05) is 42.5 Å². The minimum absolute atomic E-state index is 0.0785. The van der Waals surface area contributed by atoms with Crippen LogP contribution in [0.25, 0.3) is 0 Å². The summed E-state index contributed by atoms with van der Waals surface area (Å²) >= 11 is 3.48. The highest BCUT2D eigenvalue weighted by Gasteiger charge is 2.06. The molecule has 0 heterocycles. The third-order valence-electron chi connectivity index (χ3n) is 4.03. The molecule has 144 valence electrons. The Morgan fingerprint density at radius 1 is 1.19 bits per heavy atom. The molecule has 0 aliphatic carbocycles. The van der Waals surface area contributed by atoms with Crippen LogP contribution in [-0.2, 0) is 13.0 Å². The summed E-state index contributed by atoms with van der Waals surface area (Å²) in [4.78, 5) is 16.0. The lowest BCUT2D eigenvalue weighted by Crippen LogP contribution is -2.37. The third-order valence-corrected chi connectivity index (χ3v) is 4.53. The van der Waals surface area contributed by atoms with Crippen LogP contribution < -0.4 is 20.7 Å². The molecule has 27 heavy (non-hydrogen) atoms. The average Bonchev–Trinajstić information content (AvgIpc) is 2.70. The lowest BCUT2D eigenvalue weighted by molar-refractivity contribution is 0.0963. The van der Waals surface area contributed by atoms with Gasteiger partial charge >= 0.3 is 0 Å². The predicted molar refractivity (Wildman–Crippen MR) is 112 cm³/mol. The molecule has 2 aromatic rings. The van der Waals surface area contributed by atoms with Gasteiger partial charge in [0.05, 0.1) is 7.11 Å². The van der Waals surface area contributed by atoms with Gasteiger partial charge in [-0.2, -0.15) is 0 Å². The Bertz CT molecular complexity index is 808. The third kappa shape index (κ3) is 6.29. The summed E-state index contributed by atoms with van der Waals surface area (Å²) in [6.07, 6.45) is 0.783. The second-order valence-electron chi connectivity index (χ2n) is 5.84. The van der Waals surface area contributed by atoms with Crippen LogP contribution in [0.2, 0.25) is 0 Å². The van der Waals surface area contributed by atoms with Crippen LogP contribution in [0, 0.1) is 0 Å². The normalized spacial score (nSPS) is 11.0. The van der Waals surface area contributed by atoms with Gasteiger partial charge in [-0.05, 0) is 42.3 Å². The second kappa shape index (κ2) is 10.6. The van der Waals surface area contributed by atoms with Crippen LogP contribution in [0.15, 0.2) is 51.9 Å². The van der Waals surface area contributed by atoms with Gasteiger partial charge in [-0.25, -0.2) is 0 Å². The molecule has 0 fully saturated rings. The number of guanidine groups is 1. The van der Waals surface area contributed by atoms with Crippen LogP contribution in [-0.4, -0.2) is 39.6 Å². The van der Waals surface area contributed by atoms with E-state index in [4.69, 9.17) is 4.74 Å². The van der Waals surface area contributed by atoms with Crippen LogP contribution in [0.1, 0.15) is 21.5 Å². The van der Waals surface area contributed by atoms with Gasteiger partial charge < -0.3 is 20.7 Å². The predicted octanol–water partition coefficient (Wildman–Crippen LogP) is 2.73. The Morgan fingerprint density at radius 2 is 2.00 bits per heavy atom. The summed E-state index contributed by atoms with van der Waals surface area (Å²) in [7, 11) is 5.03. The van der Waals surface area contributed by atoms with Crippen molar-refractivity contribution in [1.29, 1.82) is 0 Å². The number of benzene rings is 2. The second-order valence-corrected chi connectivity index (χ2v) is 6.75. The molecule has 0 spiro atoms. The fourth-order valence-electron chi connectivity index (χ4n) is 2.62. The summed E-state index contributed by atoms with van der Waals surface area (Å²) in [5.41, 5.74) is 2.79. The molecule has 0 atom stereocenters. The number of hydrogen-bond acceptors (Lipinski definition) is 3. The van der Waals surface area contributed by atoms with E-state index in [-0.39, 0.29) is 5.91 Å². The number of ether oxygens (including phenoxy) is 1. The zero-order valence-corrected chi connectivity index (χ0v) is 17.4. The quantitative estimate of drug-likeness (QED) is 0.464. The molecule has 0 saturated heterocycles. The maximum Gasteiger partial charge on any atom is 0.251 e. The van der Waals surface area contributed by atoms with Crippen LogP contribution >= 0.6 is 15.9 Å². The van der Waals surface area contributed by atoms with Gasteiger partial charge in [0.15, 0.2) is 5.96 Å². The molecule has 0 aromatic heterocycles. The number of nitrogens with zero attached hydrogens (tertiary/aromatic N) is 1. The van der Waals surface area contributed by atoms with E-state index in [2.05, 4.69) is 36.9 Å². The number of halogens is 1. The fraction of sp³-hybridized carbons (Fsp3) is 0.300. The Morgan fingerprint density at radius 3 is 2.70 bits per heavy atom. The van der Waals surface area contributed by atoms with Crippen molar-refractivity contribution < 1.29 is 9.53 Å². The van der Waals surface area contributed by atoms with E-state index in [1.54, 1.807) is 21.2 Å². The molecule has 0 bridgehead atoms. The number of rotatable bonds is 7. The van der Waals surface area contributed by atoms with E-state index in [0.29, 0.717) is 24.6 Å². The molecule has 3 N–H and O–H groups in total. The minimum Gasteiger partial charge on any atom is -0.496 e. The summed E-state index contributed by atoms with van der Waals surface area (Å²) in [5.74, 6) is 1.46. The van der Waals surface area contributed by atoms with Crippen molar-refractivity contribution in [2.45, 2.75) is 13.0 Å². The summed E-state index contributed by atoms with van der Waals surface area (Å²) in [6, 6.07) is 13.5. The van der Waals surface area contributed by atoms with Gasteiger partial charge in [0.25, 0.3) is 5.91 Å². The monoisotopic (exact) mass is 432 g/mol. The Balaban J connectivity index is 1.88. The molecule has 6 nitrogen and oxygen atoms in total. The first kappa shape index (κ1) is 20.8. The average molecular weight is 433 g/mol. The highest BCUT2D eigenvalue weighted by molar-refractivity contribution is 9.10. The fourth-order valence-corrected chi connectivity index (χ4v) is 3.03. The molecule has 1 amide bonds. The van der Waals surface area contributed by atoms with E-state index in [9.17, 15) is 4.79 Å². The number of methoxy groups -OCH3 is 1. The maximum atomic E-state index is 11.7. The van der Waals surface area contributed by atoms with Gasteiger partial charge in [0.1, 0.15) is 5.75 Å². The van der Waals surface area contributed by atoms with E-state index >= 15 is 0 Å². The van der Waals surface area contributed by atoms with Crippen molar-refractivity contribution in [3.63, 3.8) is 0 Å². The Hall–Kier alpha value is -2.54. The van der Waals surface area contributed by atoms with E-state index in [0.717, 1.165) is 27.8 Å². The summed E-state index contributed by atoms with van der Waals surface area (Å²) < 4.78 is 6.39. The number of aliphatic imine (C=N–C) groups is 1. The van der Waals surface area contributed by atoms with Crippen molar-refractivity contribution in [3.8, 4) is 5.75 Å². The minimum atomic E-state index is -0.0785. The van der Waals surface area contributed by atoms with Gasteiger partial charge in [-0.3, -0.25) is 9.79 Å². The molecular weight excluding hydrogens is 408 g/mol. The van der Waals surface area contributed by atoms with Gasteiger partial charge in [-0.1, -0.05) is 28.1 Å². The van der Waals surface area contributed by atoms with Crippen molar-refractivity contribution in [3.05, 3.63) is 63.6 Å². The SMILES string of the molecule is CN=C(NCCc1cccc(C(=O)NC)c1)NCc1cc(Br)ccc1OC. The molecule has 0 radical (unpaired) electrons. The zero-order valence-electron chi connectivity index (χ0n) is 15.8. The van der Waals surface area contributed by atoms with Gasteiger partial charge in [-0.15, -0.1) is 0 Å². The molecule has 0 unspecified atom stereocenters. The number of carbonyl (C=O) groups excluding carboxylic acids is 1. The maximum absolute atomic E-state index is 11.7. The lowest BCUT2D eigenvalue weighted by Gasteiger charge is -2.14. The van der Waals surface area contributed by atoms with Gasteiger partial charge in [0.2, 0.25) is 0 Å². The van der Waals surface area contributed by atoms with Crippen LogP contribution in [0.4, 0.5) is 0 Å². The zero-order chi connectivity index (χ0) is 19.6. The van der Waals surface area contributed by atoms with Crippen molar-refractivity contribution in [1.82, 2.24) is 16.0 Å². The number of hydrogen-bond donors (Lipinski definition) is 3. The van der Waals surface area contributed by atoms with E-state index in [1.165, 1.54) is 0 Å². The van der Waals surface area contributed by atoms with Crippen LogP contribution in [0.5, 0.6) is 5.75 Å². The van der Waals surface area contributed by atoms with Gasteiger partial charge in [0, 0.05) is 42.8 Å². The molecule has 0 saturated carbocycles. The topological polar surface area (TPSA) is 74.8 Å². The highest BCUT2D eigenvalue weighted by Crippen LogP contribution is 2.22. The van der Waals surface area contributed by atoms with E-state index < -0.39 is 0 Å². The number of nitrogens with one attached hydrogen (secondary N) is 3.